The Kier molecular flexibility index (Phi) is 6.74. The van der Waals surface area contributed by atoms with Crippen molar-refractivity contribution in [3.8, 4) is 16.4 Å². The predicted octanol–water partition coefficient (Wildman–Crippen LogP) is 8.44. The van der Waals surface area contributed by atoms with Crippen molar-refractivity contribution >= 4 is 40.4 Å². The molecule has 4 aromatic rings. The van der Waals surface area contributed by atoms with E-state index >= 15 is 0 Å². The van der Waals surface area contributed by atoms with Crippen LogP contribution >= 0.6 is 11.3 Å². The number of hydrogen-bond acceptors (Lipinski definition) is 6. The van der Waals surface area contributed by atoms with Gasteiger partial charge in [-0.3, -0.25) is 14.5 Å². The van der Waals surface area contributed by atoms with Crippen LogP contribution in [0.15, 0.2) is 78.7 Å². The smallest absolute Gasteiger partial charge is 0.262 e. The van der Waals surface area contributed by atoms with Crippen LogP contribution in [0.25, 0.3) is 33.6 Å². The Morgan fingerprint density at radius 2 is 1.74 bits per heavy atom. The third kappa shape index (κ3) is 4.56. The summed E-state index contributed by atoms with van der Waals surface area (Å²) in [4.78, 5) is 41.0. The molecule has 0 spiro atoms. The molecule has 8 heteroatoms. The summed E-state index contributed by atoms with van der Waals surface area (Å²) < 4.78 is 1.91. The first kappa shape index (κ1) is 29.7. The number of rotatable bonds is 5. The van der Waals surface area contributed by atoms with E-state index in [1.165, 1.54) is 0 Å². The van der Waals surface area contributed by atoms with Crippen LogP contribution in [0.4, 0.5) is 0 Å². The van der Waals surface area contributed by atoms with Crippen LogP contribution in [0.5, 0.6) is 0 Å². The molecule has 1 saturated carbocycles. The molecule has 1 atom stereocenters. The standard InChI is InChI=1S/C39H37N5O2S/c1-23(2)30-20-26-10-8-13-29-35(44(26)42-30)41-33(34(40-29)31-14-9-19-47-31)25-15-16-32(38(4,5)18-17-25)39(21-24(3)22-39)43-36(45)27-11-6-7-12-28(27)37(43)46/h6-9,11-17,19-20,24,32H,1,10,18,21-22H2,2-5H3. The fourth-order valence-electron chi connectivity index (χ4n) is 8.17. The van der Waals surface area contributed by atoms with Crippen molar-refractivity contribution in [1.29, 1.82) is 0 Å². The molecule has 1 unspecified atom stereocenters. The Labute approximate surface area is 279 Å². The molecule has 3 aromatic heterocycles. The van der Waals surface area contributed by atoms with Gasteiger partial charge in [0.25, 0.3) is 11.8 Å². The van der Waals surface area contributed by atoms with Crippen molar-refractivity contribution in [3.63, 3.8) is 0 Å². The zero-order chi connectivity index (χ0) is 32.7. The Bertz CT molecular complexity index is 2040. The number of hydrogen-bond donors (Lipinski definition) is 0. The van der Waals surface area contributed by atoms with Crippen LogP contribution in [0, 0.1) is 17.3 Å². The second-order valence-electron chi connectivity index (χ2n) is 14.2. The number of nitrogens with zero attached hydrogens (tertiary/aromatic N) is 5. The molecule has 0 saturated heterocycles. The van der Waals surface area contributed by atoms with E-state index in [-0.39, 0.29) is 23.1 Å². The molecule has 2 aliphatic heterocycles. The number of allylic oxidation sites excluding steroid dienone is 5. The highest BCUT2D eigenvalue weighted by molar-refractivity contribution is 7.13. The molecule has 2 amide bonds. The van der Waals surface area contributed by atoms with E-state index in [2.05, 4.69) is 69.2 Å². The summed E-state index contributed by atoms with van der Waals surface area (Å²) in [6, 6.07) is 13.4. The first-order valence-electron chi connectivity index (χ1n) is 16.3. The lowest BCUT2D eigenvalue weighted by atomic mass is 9.54. The minimum absolute atomic E-state index is 0.0556. The molecule has 236 valence electrons. The van der Waals surface area contributed by atoms with Gasteiger partial charge < -0.3 is 0 Å². The molecular weight excluding hydrogens is 603 g/mol. The van der Waals surface area contributed by atoms with Gasteiger partial charge in [0, 0.05) is 12.3 Å². The SMILES string of the molecule is C=C(C)c1cc2n(n1)-c1nc(C3=CCC(C)(C)C(C4(N5C(=O)c6ccccc6C5=O)CC(C)C4)C=C3)c(-c3cccs3)nc1C=CC2. The largest absolute Gasteiger partial charge is 0.269 e. The van der Waals surface area contributed by atoms with E-state index in [1.54, 1.807) is 28.4 Å². The Morgan fingerprint density at radius 1 is 1.00 bits per heavy atom. The van der Waals surface area contributed by atoms with Crippen LogP contribution in [-0.2, 0) is 6.42 Å². The van der Waals surface area contributed by atoms with Crippen molar-refractivity contribution in [1.82, 2.24) is 24.6 Å². The zero-order valence-electron chi connectivity index (χ0n) is 27.2. The van der Waals surface area contributed by atoms with Crippen LogP contribution in [0.2, 0.25) is 0 Å². The molecule has 0 N–H and O–H groups in total. The first-order chi connectivity index (χ1) is 22.6. The van der Waals surface area contributed by atoms with E-state index in [0.717, 1.165) is 70.2 Å². The average molecular weight is 640 g/mol. The Morgan fingerprint density at radius 3 is 2.40 bits per heavy atom. The maximum absolute atomic E-state index is 13.9. The number of carbonyl (C=O) groups is 2. The van der Waals surface area contributed by atoms with Crippen LogP contribution in [0.1, 0.15) is 90.4 Å². The molecule has 5 heterocycles. The fraction of sp³-hybridized carbons (Fsp3) is 0.308. The molecule has 47 heavy (non-hydrogen) atoms. The molecular formula is C39H37N5O2S. The quantitative estimate of drug-likeness (QED) is 0.205. The number of benzene rings is 1. The summed E-state index contributed by atoms with van der Waals surface area (Å²) >= 11 is 1.64. The lowest BCUT2D eigenvalue weighted by Gasteiger charge is -2.58. The Hall–Kier alpha value is -4.69. The summed E-state index contributed by atoms with van der Waals surface area (Å²) in [5.41, 5.74) is 6.34. The van der Waals surface area contributed by atoms with Gasteiger partial charge in [0.2, 0.25) is 0 Å². The van der Waals surface area contributed by atoms with Gasteiger partial charge in [-0.05, 0) is 84.4 Å². The molecule has 7 nitrogen and oxygen atoms in total. The van der Waals surface area contributed by atoms with Gasteiger partial charge in [-0.2, -0.15) is 5.10 Å². The maximum atomic E-state index is 13.9. The molecule has 2 aliphatic carbocycles. The second kappa shape index (κ2) is 10.7. The van der Waals surface area contributed by atoms with E-state index in [4.69, 9.17) is 15.1 Å². The predicted molar refractivity (Wildman–Crippen MR) is 187 cm³/mol. The topological polar surface area (TPSA) is 81.0 Å². The van der Waals surface area contributed by atoms with E-state index < -0.39 is 5.54 Å². The number of thiophene rings is 1. The Balaban J connectivity index is 1.25. The molecule has 8 rings (SSSR count). The minimum atomic E-state index is -0.598. The van der Waals surface area contributed by atoms with Crippen molar-refractivity contribution < 1.29 is 9.59 Å². The van der Waals surface area contributed by atoms with Crippen molar-refractivity contribution in [2.75, 3.05) is 0 Å². The highest BCUT2D eigenvalue weighted by Gasteiger charge is 2.60. The second-order valence-corrected chi connectivity index (χ2v) is 15.2. The van der Waals surface area contributed by atoms with Gasteiger partial charge in [-0.15, -0.1) is 11.3 Å². The third-order valence-corrected chi connectivity index (χ3v) is 11.2. The lowest BCUT2D eigenvalue weighted by molar-refractivity contribution is -0.0496. The number of aromatic nitrogens is 4. The minimum Gasteiger partial charge on any atom is -0.269 e. The van der Waals surface area contributed by atoms with Crippen molar-refractivity contribution in [2.24, 2.45) is 17.3 Å². The lowest BCUT2D eigenvalue weighted by Crippen LogP contribution is -2.65. The van der Waals surface area contributed by atoms with Crippen LogP contribution in [-0.4, -0.2) is 42.0 Å². The van der Waals surface area contributed by atoms with Gasteiger partial charge in [0.05, 0.1) is 38.6 Å². The maximum Gasteiger partial charge on any atom is 0.262 e. The molecule has 4 aliphatic rings. The van der Waals surface area contributed by atoms with Gasteiger partial charge in [-0.25, -0.2) is 14.6 Å². The fourth-order valence-corrected chi connectivity index (χ4v) is 8.88. The summed E-state index contributed by atoms with van der Waals surface area (Å²) in [7, 11) is 0. The number of fused-ring (bicyclic) bond motifs is 4. The average Bonchev–Trinajstić information content (AvgIpc) is 3.72. The zero-order valence-corrected chi connectivity index (χ0v) is 28.0. The molecule has 0 bridgehead atoms. The van der Waals surface area contributed by atoms with Crippen LogP contribution < -0.4 is 0 Å². The molecule has 1 aromatic carbocycles. The number of imide groups is 1. The summed E-state index contributed by atoms with van der Waals surface area (Å²) in [6.07, 6.45) is 13.9. The monoisotopic (exact) mass is 639 g/mol. The van der Waals surface area contributed by atoms with Crippen molar-refractivity contribution in [3.05, 3.63) is 113 Å². The third-order valence-electron chi connectivity index (χ3n) is 10.3. The number of amides is 2. The molecule has 0 radical (unpaired) electrons. The van der Waals surface area contributed by atoms with Crippen LogP contribution in [0.3, 0.4) is 0 Å². The van der Waals surface area contributed by atoms with E-state index in [1.807, 2.05) is 35.9 Å². The first-order valence-corrected chi connectivity index (χ1v) is 17.2. The summed E-state index contributed by atoms with van der Waals surface area (Å²) in [5, 5.41) is 6.95. The van der Waals surface area contributed by atoms with Gasteiger partial charge in [0.1, 0.15) is 11.4 Å². The van der Waals surface area contributed by atoms with Gasteiger partial charge in [-0.1, -0.05) is 69.9 Å². The van der Waals surface area contributed by atoms with E-state index in [0.29, 0.717) is 22.9 Å². The normalized spacial score (nSPS) is 24.2. The highest BCUT2D eigenvalue weighted by Crippen LogP contribution is 2.57. The van der Waals surface area contributed by atoms with Crippen molar-refractivity contribution in [2.45, 2.75) is 58.9 Å². The summed E-state index contributed by atoms with van der Waals surface area (Å²) in [5.74, 6) is 0.711. The van der Waals surface area contributed by atoms with Gasteiger partial charge >= 0.3 is 0 Å². The van der Waals surface area contributed by atoms with Gasteiger partial charge in [0.15, 0.2) is 5.82 Å². The van der Waals surface area contributed by atoms with E-state index in [9.17, 15) is 9.59 Å². The summed E-state index contributed by atoms with van der Waals surface area (Å²) in [6.45, 7) is 12.8. The highest BCUT2D eigenvalue weighted by atomic mass is 32.1. The molecule has 1 fully saturated rings. The number of carbonyl (C=O) groups excluding carboxylic acids is 2.